The summed E-state index contributed by atoms with van der Waals surface area (Å²) in [6.07, 6.45) is 3.45. The molecule has 2 nitrogen and oxygen atoms in total. The Balaban J connectivity index is 2.27. The molecule has 1 N–H and O–H groups in total. The highest BCUT2D eigenvalue weighted by atomic mass is 79.9. The molecule has 2 unspecified atom stereocenters. The molecular weight excluding hydrogens is 310 g/mol. The predicted molar refractivity (Wildman–Crippen MR) is 81.4 cm³/mol. The van der Waals surface area contributed by atoms with Crippen LogP contribution in [0.25, 0.3) is 0 Å². The van der Waals surface area contributed by atoms with Crippen molar-refractivity contribution in [3.05, 3.63) is 20.3 Å². The van der Waals surface area contributed by atoms with Crippen LogP contribution in [0.2, 0.25) is 0 Å². The first-order valence-electron chi connectivity index (χ1n) is 6.70. The van der Waals surface area contributed by atoms with E-state index in [0.717, 1.165) is 26.0 Å². The van der Waals surface area contributed by atoms with Gasteiger partial charge in [-0.15, -0.1) is 11.3 Å². The lowest BCUT2D eigenvalue weighted by atomic mass is 9.91. The molecule has 1 aromatic heterocycles. The summed E-state index contributed by atoms with van der Waals surface area (Å²) >= 11 is 5.56. The van der Waals surface area contributed by atoms with Gasteiger partial charge in [-0.05, 0) is 61.7 Å². The van der Waals surface area contributed by atoms with Gasteiger partial charge in [0.1, 0.15) is 0 Å². The number of rotatable bonds is 5. The molecule has 1 fully saturated rings. The van der Waals surface area contributed by atoms with Crippen molar-refractivity contribution >= 4 is 27.3 Å². The highest BCUT2D eigenvalue weighted by molar-refractivity contribution is 9.10. The van der Waals surface area contributed by atoms with Gasteiger partial charge in [-0.3, -0.25) is 0 Å². The monoisotopic (exact) mass is 331 g/mol. The fourth-order valence-electron chi connectivity index (χ4n) is 2.60. The Bertz CT molecular complexity index is 398. The van der Waals surface area contributed by atoms with Gasteiger partial charge >= 0.3 is 0 Å². The number of ether oxygens (including phenoxy) is 1. The molecule has 0 radical (unpaired) electrons. The summed E-state index contributed by atoms with van der Waals surface area (Å²) < 4.78 is 7.26. The lowest BCUT2D eigenvalue weighted by Crippen LogP contribution is -2.41. The van der Waals surface area contributed by atoms with E-state index < -0.39 is 0 Å². The topological polar surface area (TPSA) is 21.3 Å². The zero-order chi connectivity index (χ0) is 13.2. The number of aryl methyl sites for hydroxylation is 1. The van der Waals surface area contributed by atoms with Gasteiger partial charge < -0.3 is 10.1 Å². The minimum absolute atomic E-state index is 0.0605. The Labute approximate surface area is 122 Å². The molecule has 0 saturated carbocycles. The van der Waals surface area contributed by atoms with E-state index in [0.29, 0.717) is 6.04 Å². The molecule has 102 valence electrons. The molecule has 2 atom stereocenters. The van der Waals surface area contributed by atoms with Crippen LogP contribution in [0, 0.1) is 6.92 Å². The first-order chi connectivity index (χ1) is 8.57. The number of thiophene rings is 1. The second-order valence-corrected chi connectivity index (χ2v) is 7.36. The highest BCUT2D eigenvalue weighted by Crippen LogP contribution is 2.43. The zero-order valence-corrected chi connectivity index (χ0v) is 13.8. The average molecular weight is 332 g/mol. The van der Waals surface area contributed by atoms with Gasteiger partial charge in [0.25, 0.3) is 0 Å². The third-order valence-electron chi connectivity index (χ3n) is 3.56. The van der Waals surface area contributed by atoms with E-state index in [1.165, 1.54) is 20.6 Å². The van der Waals surface area contributed by atoms with Crippen molar-refractivity contribution in [1.29, 1.82) is 0 Å². The van der Waals surface area contributed by atoms with Crippen LogP contribution in [0.4, 0.5) is 0 Å². The first-order valence-corrected chi connectivity index (χ1v) is 8.31. The molecule has 0 bridgehead atoms. The molecule has 2 heterocycles. The summed E-state index contributed by atoms with van der Waals surface area (Å²) in [6.45, 7) is 8.54. The summed E-state index contributed by atoms with van der Waals surface area (Å²) in [7, 11) is 0. The number of hydrogen-bond donors (Lipinski definition) is 1. The van der Waals surface area contributed by atoms with Crippen LogP contribution in [0.15, 0.2) is 10.5 Å². The Morgan fingerprint density at radius 2 is 2.39 bits per heavy atom. The molecule has 1 aromatic rings. The fraction of sp³-hybridized carbons (Fsp3) is 0.714. The van der Waals surface area contributed by atoms with E-state index >= 15 is 0 Å². The van der Waals surface area contributed by atoms with Crippen molar-refractivity contribution in [1.82, 2.24) is 5.32 Å². The maximum atomic E-state index is 6.04. The van der Waals surface area contributed by atoms with Crippen molar-refractivity contribution in [2.24, 2.45) is 0 Å². The molecule has 0 spiro atoms. The van der Waals surface area contributed by atoms with Crippen LogP contribution in [0.1, 0.15) is 48.9 Å². The number of hydrogen-bond acceptors (Lipinski definition) is 3. The SMILES string of the molecule is CCCNC(c1sc(C)cc1Br)C1(C)CCCO1. The van der Waals surface area contributed by atoms with Gasteiger partial charge in [0.05, 0.1) is 11.6 Å². The average Bonchev–Trinajstić information content (AvgIpc) is 2.87. The van der Waals surface area contributed by atoms with Crippen LogP contribution < -0.4 is 5.32 Å². The normalized spacial score (nSPS) is 25.6. The van der Waals surface area contributed by atoms with E-state index in [1.54, 1.807) is 0 Å². The van der Waals surface area contributed by atoms with Crippen LogP contribution in [0.3, 0.4) is 0 Å². The molecule has 18 heavy (non-hydrogen) atoms. The van der Waals surface area contributed by atoms with Crippen molar-refractivity contribution in [2.75, 3.05) is 13.2 Å². The Morgan fingerprint density at radius 3 is 2.89 bits per heavy atom. The van der Waals surface area contributed by atoms with Crippen molar-refractivity contribution in [3.8, 4) is 0 Å². The minimum atomic E-state index is -0.0605. The highest BCUT2D eigenvalue weighted by Gasteiger charge is 2.40. The molecule has 4 heteroatoms. The molecule has 0 aromatic carbocycles. The zero-order valence-electron chi connectivity index (χ0n) is 11.4. The van der Waals surface area contributed by atoms with Gasteiger partial charge in [-0.1, -0.05) is 6.92 Å². The molecule has 1 aliphatic heterocycles. The maximum absolute atomic E-state index is 6.04. The van der Waals surface area contributed by atoms with Gasteiger partial charge in [0.2, 0.25) is 0 Å². The molecule has 1 aliphatic rings. The minimum Gasteiger partial charge on any atom is -0.373 e. The summed E-state index contributed by atoms with van der Waals surface area (Å²) in [5, 5.41) is 3.68. The standard InChI is InChI=1S/C14H22BrNOS/c1-4-7-16-13(14(3)6-5-8-17-14)12-11(15)9-10(2)18-12/h9,13,16H,4-8H2,1-3H3. The van der Waals surface area contributed by atoms with E-state index in [-0.39, 0.29) is 5.60 Å². The van der Waals surface area contributed by atoms with Crippen molar-refractivity contribution in [3.63, 3.8) is 0 Å². The summed E-state index contributed by atoms with van der Waals surface area (Å²) in [6, 6.07) is 2.51. The van der Waals surface area contributed by atoms with Crippen molar-refractivity contribution in [2.45, 2.75) is 51.7 Å². The third kappa shape index (κ3) is 2.98. The van der Waals surface area contributed by atoms with Crippen LogP contribution in [-0.2, 0) is 4.74 Å². The second-order valence-electron chi connectivity index (χ2n) is 5.22. The van der Waals surface area contributed by atoms with E-state index in [4.69, 9.17) is 4.74 Å². The second kappa shape index (κ2) is 6.04. The van der Waals surface area contributed by atoms with Gasteiger partial charge in [-0.2, -0.15) is 0 Å². The maximum Gasteiger partial charge on any atom is 0.0857 e. The molecular formula is C14H22BrNOS. The first kappa shape index (κ1) is 14.5. The summed E-state index contributed by atoms with van der Waals surface area (Å²) in [4.78, 5) is 2.73. The van der Waals surface area contributed by atoms with Crippen molar-refractivity contribution < 1.29 is 4.74 Å². The van der Waals surface area contributed by atoms with Crippen LogP contribution in [-0.4, -0.2) is 18.8 Å². The molecule has 1 saturated heterocycles. The van der Waals surface area contributed by atoms with Crippen LogP contribution >= 0.6 is 27.3 Å². The largest absolute Gasteiger partial charge is 0.373 e. The molecule has 2 rings (SSSR count). The van der Waals surface area contributed by atoms with Gasteiger partial charge in [0, 0.05) is 20.8 Å². The Morgan fingerprint density at radius 1 is 1.61 bits per heavy atom. The van der Waals surface area contributed by atoms with E-state index in [9.17, 15) is 0 Å². The predicted octanol–water partition coefficient (Wildman–Crippen LogP) is 4.43. The van der Waals surface area contributed by atoms with E-state index in [2.05, 4.69) is 48.1 Å². The quantitative estimate of drug-likeness (QED) is 0.861. The Kier molecular flexibility index (Phi) is 4.86. The lowest BCUT2D eigenvalue weighted by molar-refractivity contribution is -0.0116. The number of nitrogens with one attached hydrogen (secondary N) is 1. The number of halogens is 1. The molecule has 0 aliphatic carbocycles. The van der Waals surface area contributed by atoms with E-state index in [1.807, 2.05) is 11.3 Å². The third-order valence-corrected chi connectivity index (χ3v) is 5.59. The van der Waals surface area contributed by atoms with Gasteiger partial charge in [-0.25, -0.2) is 0 Å². The van der Waals surface area contributed by atoms with Gasteiger partial charge in [0.15, 0.2) is 0 Å². The summed E-state index contributed by atoms with van der Waals surface area (Å²) in [5.74, 6) is 0. The smallest absolute Gasteiger partial charge is 0.0857 e. The fourth-order valence-corrected chi connectivity index (χ4v) is 4.70. The van der Waals surface area contributed by atoms with Crippen LogP contribution in [0.5, 0.6) is 0 Å². The Hall–Kier alpha value is 0.1000. The molecule has 0 amide bonds. The summed E-state index contributed by atoms with van der Waals surface area (Å²) in [5.41, 5.74) is -0.0605. The lowest BCUT2D eigenvalue weighted by Gasteiger charge is -2.34.